The van der Waals surface area contributed by atoms with Crippen molar-refractivity contribution in [3.05, 3.63) is 39.8 Å². The van der Waals surface area contributed by atoms with Crippen molar-refractivity contribution < 1.29 is 9.53 Å². The Labute approximate surface area is 140 Å². The number of aromatic nitrogens is 1. The molecular weight excluding hydrogens is 310 g/mol. The molecule has 1 saturated heterocycles. The fraction of sp³-hybridized carbons (Fsp3) is 0.412. The first-order chi connectivity index (χ1) is 11.1. The van der Waals surface area contributed by atoms with Gasteiger partial charge in [0.25, 0.3) is 0 Å². The fourth-order valence-electron chi connectivity index (χ4n) is 2.74. The molecule has 1 aromatic heterocycles. The van der Waals surface area contributed by atoms with Crippen LogP contribution in [0.25, 0.3) is 0 Å². The third-order valence-corrected chi connectivity index (χ3v) is 4.92. The van der Waals surface area contributed by atoms with E-state index in [1.54, 1.807) is 11.3 Å². The number of rotatable bonds is 4. The Morgan fingerprint density at radius 2 is 2.04 bits per heavy atom. The van der Waals surface area contributed by atoms with Crippen LogP contribution in [0.3, 0.4) is 0 Å². The summed E-state index contributed by atoms with van der Waals surface area (Å²) in [5.74, 6) is -0.00235. The van der Waals surface area contributed by atoms with Crippen LogP contribution in [0.4, 0.5) is 11.4 Å². The molecule has 0 spiro atoms. The standard InChI is InChI=1S/C17H21N3O2S/c1-12-16(23-13(2)18-12)11-17(21)19-14-5-3-4-6-15(14)20-7-9-22-10-8-20/h3-6H,7-11H2,1-2H3,(H,19,21). The molecule has 1 amide bonds. The van der Waals surface area contributed by atoms with Gasteiger partial charge in [0, 0.05) is 18.0 Å². The molecule has 1 N–H and O–H groups in total. The van der Waals surface area contributed by atoms with Crippen molar-refractivity contribution >= 4 is 28.6 Å². The van der Waals surface area contributed by atoms with Gasteiger partial charge in [0.1, 0.15) is 0 Å². The van der Waals surface area contributed by atoms with E-state index in [9.17, 15) is 4.79 Å². The Morgan fingerprint density at radius 3 is 2.74 bits per heavy atom. The van der Waals surface area contributed by atoms with Crippen molar-refractivity contribution in [3.8, 4) is 0 Å². The number of nitrogens with one attached hydrogen (secondary N) is 1. The molecular formula is C17H21N3O2S. The maximum atomic E-state index is 12.4. The minimum atomic E-state index is -0.00235. The van der Waals surface area contributed by atoms with Crippen LogP contribution in [0.5, 0.6) is 0 Å². The lowest BCUT2D eigenvalue weighted by molar-refractivity contribution is -0.115. The SMILES string of the molecule is Cc1nc(C)c(CC(=O)Nc2ccccc2N2CCOCC2)s1. The number of hydrogen-bond donors (Lipinski definition) is 1. The van der Waals surface area contributed by atoms with Crippen molar-refractivity contribution in [2.75, 3.05) is 36.5 Å². The van der Waals surface area contributed by atoms with Gasteiger partial charge in [0.05, 0.1) is 41.7 Å². The van der Waals surface area contributed by atoms with Gasteiger partial charge in [-0.3, -0.25) is 4.79 Å². The molecule has 0 bridgehead atoms. The average Bonchev–Trinajstić information content (AvgIpc) is 2.86. The van der Waals surface area contributed by atoms with Crippen LogP contribution in [0.15, 0.2) is 24.3 Å². The van der Waals surface area contributed by atoms with Gasteiger partial charge in [-0.15, -0.1) is 11.3 Å². The largest absolute Gasteiger partial charge is 0.378 e. The average molecular weight is 331 g/mol. The van der Waals surface area contributed by atoms with Crippen LogP contribution in [-0.4, -0.2) is 37.2 Å². The molecule has 1 aliphatic heterocycles. The van der Waals surface area contributed by atoms with Gasteiger partial charge in [-0.1, -0.05) is 12.1 Å². The molecule has 3 rings (SSSR count). The highest BCUT2D eigenvalue weighted by Gasteiger charge is 2.16. The maximum Gasteiger partial charge on any atom is 0.229 e. The van der Waals surface area contributed by atoms with E-state index in [0.29, 0.717) is 6.42 Å². The normalized spacial score (nSPS) is 14.8. The van der Waals surface area contributed by atoms with Crippen molar-refractivity contribution in [3.63, 3.8) is 0 Å². The predicted molar refractivity (Wildman–Crippen MR) is 93.4 cm³/mol. The van der Waals surface area contributed by atoms with E-state index in [1.807, 2.05) is 38.1 Å². The van der Waals surface area contributed by atoms with Crippen LogP contribution >= 0.6 is 11.3 Å². The number of nitrogens with zero attached hydrogens (tertiary/aromatic N) is 2. The summed E-state index contributed by atoms with van der Waals surface area (Å²) in [4.78, 5) is 20.1. The van der Waals surface area contributed by atoms with Crippen LogP contribution in [0, 0.1) is 13.8 Å². The number of morpholine rings is 1. The number of benzene rings is 1. The van der Waals surface area contributed by atoms with Crippen molar-refractivity contribution in [1.82, 2.24) is 4.98 Å². The highest BCUT2D eigenvalue weighted by Crippen LogP contribution is 2.27. The molecule has 2 aromatic rings. The number of thiazole rings is 1. The molecule has 2 heterocycles. The molecule has 6 heteroatoms. The number of carbonyl (C=O) groups is 1. The summed E-state index contributed by atoms with van der Waals surface area (Å²) >= 11 is 1.59. The number of hydrogen-bond acceptors (Lipinski definition) is 5. The lowest BCUT2D eigenvalue weighted by Gasteiger charge is -2.30. The molecule has 0 unspecified atom stereocenters. The van der Waals surface area contributed by atoms with Crippen molar-refractivity contribution in [2.24, 2.45) is 0 Å². The lowest BCUT2D eigenvalue weighted by Crippen LogP contribution is -2.36. The highest BCUT2D eigenvalue weighted by atomic mass is 32.1. The van der Waals surface area contributed by atoms with Crippen LogP contribution in [-0.2, 0) is 16.0 Å². The zero-order valence-electron chi connectivity index (χ0n) is 13.5. The first-order valence-corrected chi connectivity index (χ1v) is 8.59. The smallest absolute Gasteiger partial charge is 0.229 e. The minimum absolute atomic E-state index is 0.00235. The van der Waals surface area contributed by atoms with E-state index in [0.717, 1.165) is 53.3 Å². The van der Waals surface area contributed by atoms with Gasteiger partial charge >= 0.3 is 0 Å². The van der Waals surface area contributed by atoms with Gasteiger partial charge in [-0.05, 0) is 26.0 Å². The molecule has 0 radical (unpaired) electrons. The summed E-state index contributed by atoms with van der Waals surface area (Å²) in [5.41, 5.74) is 2.86. The lowest BCUT2D eigenvalue weighted by atomic mass is 10.2. The second kappa shape index (κ2) is 7.10. The highest BCUT2D eigenvalue weighted by molar-refractivity contribution is 7.11. The summed E-state index contributed by atoms with van der Waals surface area (Å²) in [6.07, 6.45) is 0.370. The summed E-state index contributed by atoms with van der Waals surface area (Å²) in [5, 5.41) is 4.05. The molecule has 1 fully saturated rings. The summed E-state index contributed by atoms with van der Waals surface area (Å²) in [6.45, 7) is 7.06. The van der Waals surface area contributed by atoms with Crippen LogP contribution < -0.4 is 10.2 Å². The molecule has 1 aliphatic rings. The Morgan fingerprint density at radius 1 is 1.30 bits per heavy atom. The van der Waals surface area contributed by atoms with Crippen molar-refractivity contribution in [2.45, 2.75) is 20.3 Å². The first kappa shape index (κ1) is 16.0. The van der Waals surface area contributed by atoms with Gasteiger partial charge in [0.2, 0.25) is 5.91 Å². The number of amides is 1. The molecule has 23 heavy (non-hydrogen) atoms. The maximum absolute atomic E-state index is 12.4. The number of ether oxygens (including phenoxy) is 1. The van der Waals surface area contributed by atoms with Gasteiger partial charge in [-0.25, -0.2) is 4.98 Å². The third kappa shape index (κ3) is 3.89. The number of para-hydroxylation sites is 2. The monoisotopic (exact) mass is 331 g/mol. The molecule has 0 saturated carbocycles. The molecule has 1 aromatic carbocycles. The predicted octanol–water partition coefficient (Wildman–Crippen LogP) is 2.78. The first-order valence-electron chi connectivity index (χ1n) is 7.78. The van der Waals surface area contributed by atoms with Crippen LogP contribution in [0.1, 0.15) is 15.6 Å². The number of anilines is 2. The van der Waals surface area contributed by atoms with E-state index >= 15 is 0 Å². The summed E-state index contributed by atoms with van der Waals surface area (Å²) < 4.78 is 5.40. The van der Waals surface area contributed by atoms with E-state index in [1.165, 1.54) is 0 Å². The molecule has 0 atom stereocenters. The zero-order chi connectivity index (χ0) is 16.2. The van der Waals surface area contributed by atoms with Crippen LogP contribution in [0.2, 0.25) is 0 Å². The molecule has 5 nitrogen and oxygen atoms in total. The molecule has 122 valence electrons. The van der Waals surface area contributed by atoms with E-state index < -0.39 is 0 Å². The second-order valence-electron chi connectivity index (χ2n) is 5.58. The van der Waals surface area contributed by atoms with E-state index in [4.69, 9.17) is 4.74 Å². The summed E-state index contributed by atoms with van der Waals surface area (Å²) in [7, 11) is 0. The Hall–Kier alpha value is -1.92. The Balaban J connectivity index is 1.72. The molecule has 0 aliphatic carbocycles. The quantitative estimate of drug-likeness (QED) is 0.936. The van der Waals surface area contributed by atoms with Crippen molar-refractivity contribution in [1.29, 1.82) is 0 Å². The topological polar surface area (TPSA) is 54.5 Å². The minimum Gasteiger partial charge on any atom is -0.378 e. The summed E-state index contributed by atoms with van der Waals surface area (Å²) in [6, 6.07) is 7.94. The van der Waals surface area contributed by atoms with Gasteiger partial charge in [0.15, 0.2) is 0 Å². The Bertz CT molecular complexity index is 693. The van der Waals surface area contributed by atoms with E-state index in [-0.39, 0.29) is 5.91 Å². The fourth-order valence-corrected chi connectivity index (χ4v) is 3.67. The Kier molecular flexibility index (Phi) is 4.93. The second-order valence-corrected chi connectivity index (χ2v) is 6.87. The van der Waals surface area contributed by atoms with Gasteiger partial charge in [-0.2, -0.15) is 0 Å². The number of carbonyl (C=O) groups excluding carboxylic acids is 1. The zero-order valence-corrected chi connectivity index (χ0v) is 14.3. The number of aryl methyl sites for hydroxylation is 2. The third-order valence-electron chi connectivity index (χ3n) is 3.85. The van der Waals surface area contributed by atoms with Gasteiger partial charge < -0.3 is 15.0 Å². The van der Waals surface area contributed by atoms with E-state index in [2.05, 4.69) is 15.2 Å².